The van der Waals surface area contributed by atoms with E-state index in [0.717, 1.165) is 4.90 Å². The molecule has 0 spiro atoms. The first kappa shape index (κ1) is 15.7. The predicted molar refractivity (Wildman–Crippen MR) is 53.4 cm³/mol. The van der Waals surface area contributed by atoms with Crippen LogP contribution in [0.1, 0.15) is 13.8 Å². The lowest BCUT2D eigenvalue weighted by Gasteiger charge is -2.30. The molecule has 0 aliphatic heterocycles. The zero-order valence-electron chi connectivity index (χ0n) is 9.76. The van der Waals surface area contributed by atoms with Gasteiger partial charge in [0.05, 0.1) is 6.54 Å². The van der Waals surface area contributed by atoms with Gasteiger partial charge >= 0.3 is 12.1 Å². The number of likely N-dealkylation sites (N-methyl/N-ethyl adjacent to an activating group) is 1. The van der Waals surface area contributed by atoms with Crippen LogP contribution in [0, 0.1) is 0 Å². The highest BCUT2D eigenvalue weighted by molar-refractivity contribution is 5.81. The van der Waals surface area contributed by atoms with Crippen molar-refractivity contribution in [2.75, 3.05) is 20.1 Å². The Morgan fingerprint density at radius 2 is 1.76 bits per heavy atom. The van der Waals surface area contributed by atoms with E-state index < -0.39 is 36.7 Å². The summed E-state index contributed by atoms with van der Waals surface area (Å²) >= 11 is 0. The minimum absolute atomic E-state index is 0.421. The summed E-state index contributed by atoms with van der Waals surface area (Å²) in [7, 11) is 1.35. The molecule has 8 heteroatoms. The summed E-state index contributed by atoms with van der Waals surface area (Å²) in [6.07, 6.45) is -4.48. The second-order valence-corrected chi connectivity index (χ2v) is 4.11. The molecule has 0 aromatic heterocycles. The van der Waals surface area contributed by atoms with Gasteiger partial charge in [0.15, 0.2) is 0 Å². The van der Waals surface area contributed by atoms with Crippen LogP contribution in [0.2, 0.25) is 0 Å². The molecule has 0 radical (unpaired) electrons. The number of carboxylic acid groups (broad SMARTS) is 1. The maximum Gasteiger partial charge on any atom is 0.405 e. The fourth-order valence-corrected chi connectivity index (χ4v) is 0.831. The summed E-state index contributed by atoms with van der Waals surface area (Å²) in [6, 6.07) is 0. The smallest absolute Gasteiger partial charge is 0.405 e. The second kappa shape index (κ2) is 5.35. The Morgan fingerprint density at radius 3 is 2.12 bits per heavy atom. The van der Waals surface area contributed by atoms with Crippen LogP contribution < -0.4 is 5.32 Å². The Hall–Kier alpha value is -1.31. The first-order valence-electron chi connectivity index (χ1n) is 4.75. The van der Waals surface area contributed by atoms with Crippen molar-refractivity contribution < 1.29 is 27.9 Å². The highest BCUT2D eigenvalue weighted by Gasteiger charge is 2.34. The van der Waals surface area contributed by atoms with Crippen molar-refractivity contribution in [3.63, 3.8) is 0 Å². The van der Waals surface area contributed by atoms with Crippen LogP contribution in [0.25, 0.3) is 0 Å². The number of carboxylic acids is 1. The van der Waals surface area contributed by atoms with Gasteiger partial charge in [-0.25, -0.2) is 0 Å². The number of halogens is 3. The minimum Gasteiger partial charge on any atom is -0.480 e. The topological polar surface area (TPSA) is 69.6 Å². The molecule has 0 aromatic rings. The van der Waals surface area contributed by atoms with Gasteiger partial charge in [0.1, 0.15) is 12.1 Å². The number of alkyl halides is 3. The molecule has 17 heavy (non-hydrogen) atoms. The third kappa shape index (κ3) is 5.53. The van der Waals surface area contributed by atoms with Crippen molar-refractivity contribution in [1.29, 1.82) is 0 Å². The molecular weight excluding hydrogens is 241 g/mol. The Kier molecular flexibility index (Phi) is 4.94. The number of hydrogen-bond donors (Lipinski definition) is 2. The van der Waals surface area contributed by atoms with Crippen LogP contribution >= 0.6 is 0 Å². The number of carbonyl (C=O) groups excluding carboxylic acids is 1. The summed E-state index contributed by atoms with van der Waals surface area (Å²) in [5.41, 5.74) is -1.32. The number of aliphatic carboxylic acids is 1. The number of amides is 1. The van der Waals surface area contributed by atoms with Gasteiger partial charge in [-0.15, -0.1) is 0 Å². The molecule has 0 saturated carbocycles. The lowest BCUT2D eigenvalue weighted by atomic mass is 10.0. The Balaban J connectivity index is 4.27. The number of rotatable bonds is 5. The van der Waals surface area contributed by atoms with Gasteiger partial charge < -0.3 is 10.4 Å². The van der Waals surface area contributed by atoms with Gasteiger partial charge in [-0.2, -0.15) is 13.2 Å². The number of carbonyl (C=O) groups is 2. The molecule has 0 heterocycles. The largest absolute Gasteiger partial charge is 0.480 e. The molecule has 0 rings (SSSR count). The van der Waals surface area contributed by atoms with Gasteiger partial charge in [0, 0.05) is 0 Å². The zero-order chi connectivity index (χ0) is 13.9. The Morgan fingerprint density at radius 1 is 1.29 bits per heavy atom. The Bertz CT molecular complexity index is 302. The summed E-state index contributed by atoms with van der Waals surface area (Å²) in [6.45, 7) is 0.862. The van der Waals surface area contributed by atoms with Crippen molar-refractivity contribution in [1.82, 2.24) is 10.2 Å². The lowest BCUT2D eigenvalue weighted by Crippen LogP contribution is -2.52. The molecule has 2 N–H and O–H groups in total. The van der Waals surface area contributed by atoms with E-state index in [1.807, 2.05) is 0 Å². The van der Waals surface area contributed by atoms with Crippen molar-refractivity contribution in [2.45, 2.75) is 25.6 Å². The first-order valence-corrected chi connectivity index (χ1v) is 4.75. The second-order valence-electron chi connectivity index (χ2n) is 4.11. The van der Waals surface area contributed by atoms with Crippen molar-refractivity contribution in [2.24, 2.45) is 0 Å². The number of nitrogens with zero attached hydrogens (tertiary/aromatic N) is 1. The van der Waals surface area contributed by atoms with Crippen LogP contribution in [0.3, 0.4) is 0 Å². The fourth-order valence-electron chi connectivity index (χ4n) is 0.831. The minimum atomic E-state index is -4.48. The third-order valence-corrected chi connectivity index (χ3v) is 2.34. The molecule has 0 aromatic carbocycles. The predicted octanol–water partition coefficient (Wildman–Crippen LogP) is 0.460. The summed E-state index contributed by atoms with van der Waals surface area (Å²) in [4.78, 5) is 23.1. The normalized spacial score (nSPS) is 12.6. The lowest BCUT2D eigenvalue weighted by molar-refractivity contribution is -0.150. The molecule has 0 unspecified atom stereocenters. The highest BCUT2D eigenvalue weighted by atomic mass is 19.4. The fraction of sp³-hybridized carbons (Fsp3) is 0.778. The molecule has 100 valence electrons. The molecule has 0 bridgehead atoms. The highest BCUT2D eigenvalue weighted by Crippen LogP contribution is 2.13. The number of hydrogen-bond acceptors (Lipinski definition) is 3. The molecule has 5 nitrogen and oxygen atoms in total. The van der Waals surface area contributed by atoms with Crippen molar-refractivity contribution in [3.8, 4) is 0 Å². The van der Waals surface area contributed by atoms with E-state index in [2.05, 4.69) is 0 Å². The van der Waals surface area contributed by atoms with Gasteiger partial charge in [-0.3, -0.25) is 14.5 Å². The van der Waals surface area contributed by atoms with Crippen LogP contribution in [0.15, 0.2) is 0 Å². The maximum atomic E-state index is 11.8. The van der Waals surface area contributed by atoms with Crippen LogP contribution in [-0.4, -0.2) is 53.7 Å². The van der Waals surface area contributed by atoms with E-state index in [1.165, 1.54) is 20.9 Å². The van der Waals surface area contributed by atoms with E-state index in [0.29, 0.717) is 0 Å². The van der Waals surface area contributed by atoms with E-state index in [9.17, 15) is 22.8 Å². The average Bonchev–Trinajstić information content (AvgIpc) is 2.13. The number of nitrogens with one attached hydrogen (secondary N) is 1. The average molecular weight is 256 g/mol. The van der Waals surface area contributed by atoms with E-state index in [1.54, 1.807) is 5.32 Å². The summed E-state index contributed by atoms with van der Waals surface area (Å²) in [5, 5.41) is 10.5. The van der Waals surface area contributed by atoms with Crippen molar-refractivity contribution in [3.05, 3.63) is 0 Å². The van der Waals surface area contributed by atoms with Crippen molar-refractivity contribution >= 4 is 11.9 Å². The zero-order valence-corrected chi connectivity index (χ0v) is 9.76. The molecule has 0 fully saturated rings. The van der Waals surface area contributed by atoms with Crippen LogP contribution in [0.5, 0.6) is 0 Å². The monoisotopic (exact) mass is 256 g/mol. The summed E-state index contributed by atoms with van der Waals surface area (Å²) in [5.74, 6) is -2.04. The van der Waals surface area contributed by atoms with Gasteiger partial charge in [0.25, 0.3) is 0 Å². The molecule has 0 atom stereocenters. The maximum absolute atomic E-state index is 11.8. The third-order valence-electron chi connectivity index (χ3n) is 2.34. The van der Waals surface area contributed by atoms with Crippen LogP contribution in [-0.2, 0) is 9.59 Å². The molecular formula is C9H15F3N2O3. The van der Waals surface area contributed by atoms with E-state index >= 15 is 0 Å². The van der Waals surface area contributed by atoms with Crippen LogP contribution in [0.4, 0.5) is 13.2 Å². The van der Waals surface area contributed by atoms with E-state index in [4.69, 9.17) is 5.11 Å². The molecule has 1 amide bonds. The Labute approximate surface area is 96.6 Å². The standard InChI is InChI=1S/C9H15F3N2O3/c1-8(2,7(16)17)14(3)4-6(15)13-5-9(10,11)12/h4-5H2,1-3H3,(H,13,15)(H,16,17). The summed E-state index contributed by atoms with van der Waals surface area (Å²) < 4.78 is 35.4. The SMILES string of the molecule is CN(CC(=O)NCC(F)(F)F)C(C)(C)C(=O)O. The quantitative estimate of drug-likeness (QED) is 0.749. The van der Waals surface area contributed by atoms with Gasteiger partial charge in [-0.05, 0) is 20.9 Å². The molecule has 0 aliphatic rings. The first-order chi connectivity index (χ1) is 7.47. The van der Waals surface area contributed by atoms with Gasteiger partial charge in [0.2, 0.25) is 5.91 Å². The molecule has 0 saturated heterocycles. The van der Waals surface area contributed by atoms with Gasteiger partial charge in [-0.1, -0.05) is 0 Å². The van der Waals surface area contributed by atoms with E-state index in [-0.39, 0.29) is 0 Å². The molecule has 0 aliphatic carbocycles.